The van der Waals surface area contributed by atoms with E-state index in [1.807, 2.05) is 5.92 Å². The average Bonchev–Trinajstić information content (AvgIpc) is 2.17. The Labute approximate surface area is 85.7 Å². The highest BCUT2D eigenvalue weighted by Crippen LogP contribution is 2.21. The van der Waals surface area contributed by atoms with Gasteiger partial charge in [0.05, 0.1) is 5.56 Å². The summed E-state index contributed by atoms with van der Waals surface area (Å²) in [4.78, 5) is 14.0. The molecule has 0 aromatic carbocycles. The van der Waals surface area contributed by atoms with Gasteiger partial charge in [-0.05, 0) is 18.1 Å². The van der Waals surface area contributed by atoms with Gasteiger partial charge in [0.25, 0.3) is 0 Å². The van der Waals surface area contributed by atoms with Crippen molar-refractivity contribution in [2.45, 2.75) is 12.7 Å². The summed E-state index contributed by atoms with van der Waals surface area (Å²) < 4.78 is 17.0. The van der Waals surface area contributed by atoms with Gasteiger partial charge in [0, 0.05) is 13.1 Å². The molecule has 0 fully saturated rings. The fourth-order valence-electron chi connectivity index (χ4n) is 0.956. The number of terminal acetylenes is 1. The molecule has 1 rings (SSSR count). The minimum Gasteiger partial charge on any atom is -0.417 e. The van der Waals surface area contributed by atoms with E-state index < -0.39 is 17.7 Å². The molecule has 1 atom stereocenters. The van der Waals surface area contributed by atoms with Crippen molar-refractivity contribution in [2.75, 3.05) is 0 Å². The van der Waals surface area contributed by atoms with Crippen LogP contribution in [0.25, 0.3) is 0 Å². The number of ether oxygens (including phenoxy) is 1. The number of carbonyl (C=O) groups excluding carboxylic acids is 1. The summed E-state index contributed by atoms with van der Waals surface area (Å²) in [6, 6.07) is 2.19. The molecular weight excluding hydrogens is 201 g/mol. The zero-order valence-corrected chi connectivity index (χ0v) is 7.90. The highest BCUT2D eigenvalue weighted by Gasteiger charge is 2.30. The number of hydrogen-bond acceptors (Lipinski definition) is 4. The summed E-state index contributed by atoms with van der Waals surface area (Å²) in [5, 5.41) is 9.71. The molecular formula is C10H8FNO3. The largest absolute Gasteiger partial charge is 0.417 e. The van der Waals surface area contributed by atoms with Crippen LogP contribution in [0.4, 0.5) is 4.39 Å². The van der Waals surface area contributed by atoms with Gasteiger partial charge in [0.15, 0.2) is 0 Å². The Morgan fingerprint density at radius 1 is 1.73 bits per heavy atom. The van der Waals surface area contributed by atoms with E-state index in [1.54, 1.807) is 0 Å². The van der Waals surface area contributed by atoms with Gasteiger partial charge in [-0.25, -0.2) is 4.98 Å². The van der Waals surface area contributed by atoms with Crippen molar-refractivity contribution in [1.82, 2.24) is 4.98 Å². The maximum absolute atomic E-state index is 12.5. The molecule has 5 heteroatoms. The van der Waals surface area contributed by atoms with Gasteiger partial charge in [-0.3, -0.25) is 4.79 Å². The molecule has 0 aliphatic rings. The molecule has 15 heavy (non-hydrogen) atoms. The Morgan fingerprint density at radius 3 is 2.80 bits per heavy atom. The molecule has 0 saturated carbocycles. The molecule has 0 amide bonds. The Morgan fingerprint density at radius 2 is 2.40 bits per heavy atom. The van der Waals surface area contributed by atoms with Gasteiger partial charge in [-0.1, -0.05) is 0 Å². The van der Waals surface area contributed by atoms with E-state index in [0.717, 1.165) is 19.2 Å². The number of hydrogen-bond donors (Lipinski definition) is 1. The van der Waals surface area contributed by atoms with Gasteiger partial charge in [-0.15, -0.1) is 6.42 Å². The van der Waals surface area contributed by atoms with Gasteiger partial charge >= 0.3 is 11.8 Å². The first-order valence-corrected chi connectivity index (χ1v) is 3.99. The number of halogens is 1. The third-order valence-electron chi connectivity index (χ3n) is 1.61. The number of aliphatic hydroxyl groups is 1. The predicted octanol–water partition coefficient (Wildman–Crippen LogP) is 0.562. The molecule has 1 aromatic heterocycles. The van der Waals surface area contributed by atoms with Gasteiger partial charge in [-0.2, -0.15) is 4.39 Å². The zero-order valence-electron chi connectivity index (χ0n) is 7.90. The van der Waals surface area contributed by atoms with Crippen LogP contribution in [-0.4, -0.2) is 16.1 Å². The van der Waals surface area contributed by atoms with Crippen molar-refractivity contribution >= 4 is 5.97 Å². The van der Waals surface area contributed by atoms with Crippen LogP contribution in [0.15, 0.2) is 18.3 Å². The van der Waals surface area contributed by atoms with Crippen LogP contribution >= 0.6 is 0 Å². The van der Waals surface area contributed by atoms with Crippen LogP contribution in [-0.2, 0) is 15.3 Å². The SMILES string of the molecule is C#CC(O)(OC(C)=O)c1ccc(F)nc1. The van der Waals surface area contributed by atoms with E-state index in [4.69, 9.17) is 6.42 Å². The van der Waals surface area contributed by atoms with Crippen LogP contribution in [0.5, 0.6) is 0 Å². The van der Waals surface area contributed by atoms with Crippen LogP contribution < -0.4 is 0 Å². The van der Waals surface area contributed by atoms with Crippen molar-refractivity contribution in [3.8, 4) is 12.3 Å². The summed E-state index contributed by atoms with van der Waals surface area (Å²) in [5.74, 6) is -1.78. The van der Waals surface area contributed by atoms with Crippen molar-refractivity contribution < 1.29 is 19.0 Å². The lowest BCUT2D eigenvalue weighted by Gasteiger charge is -2.20. The fraction of sp³-hybridized carbons (Fsp3) is 0.200. The number of esters is 1. The molecule has 4 nitrogen and oxygen atoms in total. The third-order valence-corrected chi connectivity index (χ3v) is 1.61. The minimum atomic E-state index is -2.20. The topological polar surface area (TPSA) is 59.4 Å². The molecule has 1 aromatic rings. The maximum atomic E-state index is 12.5. The van der Waals surface area contributed by atoms with Crippen molar-refractivity contribution in [3.63, 3.8) is 0 Å². The molecule has 0 aliphatic carbocycles. The summed E-state index contributed by atoms with van der Waals surface area (Å²) in [6.07, 6.45) is 6.02. The third kappa shape index (κ3) is 2.51. The Hall–Kier alpha value is -1.93. The Bertz CT molecular complexity index is 410. The Kier molecular flexibility index (Phi) is 3.02. The van der Waals surface area contributed by atoms with Crippen LogP contribution in [0.2, 0.25) is 0 Å². The standard InChI is InChI=1S/C10H8FNO3/c1-3-10(14,15-7(2)13)8-4-5-9(11)12-6-8/h1,4-6,14H,2H3. The monoisotopic (exact) mass is 209 g/mol. The molecule has 1 unspecified atom stereocenters. The van der Waals surface area contributed by atoms with E-state index in [2.05, 4.69) is 9.72 Å². The van der Waals surface area contributed by atoms with E-state index in [1.165, 1.54) is 6.07 Å². The predicted molar refractivity (Wildman–Crippen MR) is 48.7 cm³/mol. The van der Waals surface area contributed by atoms with Crippen LogP contribution in [0, 0.1) is 18.3 Å². The van der Waals surface area contributed by atoms with E-state index in [-0.39, 0.29) is 5.56 Å². The van der Waals surface area contributed by atoms with Crippen molar-refractivity contribution in [2.24, 2.45) is 0 Å². The average molecular weight is 209 g/mol. The lowest BCUT2D eigenvalue weighted by Crippen LogP contribution is -2.29. The van der Waals surface area contributed by atoms with Gasteiger partial charge in [0.1, 0.15) is 0 Å². The second-order valence-electron chi connectivity index (χ2n) is 2.75. The normalized spacial score (nSPS) is 13.7. The smallest absolute Gasteiger partial charge is 0.306 e. The second-order valence-corrected chi connectivity index (χ2v) is 2.75. The lowest BCUT2D eigenvalue weighted by molar-refractivity contribution is -0.188. The molecule has 78 valence electrons. The molecule has 1 N–H and O–H groups in total. The number of pyridine rings is 1. The summed E-state index contributed by atoms with van der Waals surface area (Å²) in [5.41, 5.74) is 0.0154. The molecule has 0 bridgehead atoms. The molecule has 0 radical (unpaired) electrons. The van der Waals surface area contributed by atoms with Crippen LogP contribution in [0.1, 0.15) is 12.5 Å². The number of carbonyl (C=O) groups is 1. The first kappa shape index (κ1) is 11.1. The quantitative estimate of drug-likeness (QED) is 0.334. The first-order valence-electron chi connectivity index (χ1n) is 3.99. The fourth-order valence-corrected chi connectivity index (χ4v) is 0.956. The summed E-state index contributed by atoms with van der Waals surface area (Å²) in [7, 11) is 0. The van der Waals surface area contributed by atoms with E-state index in [9.17, 15) is 14.3 Å². The number of nitrogens with zero attached hydrogens (tertiary/aromatic N) is 1. The summed E-state index contributed by atoms with van der Waals surface area (Å²) in [6.45, 7) is 1.10. The maximum Gasteiger partial charge on any atom is 0.306 e. The molecule has 0 aliphatic heterocycles. The van der Waals surface area contributed by atoms with Crippen LogP contribution in [0.3, 0.4) is 0 Å². The second kappa shape index (κ2) is 4.07. The first-order chi connectivity index (χ1) is 6.98. The van der Waals surface area contributed by atoms with Crippen molar-refractivity contribution in [3.05, 3.63) is 29.8 Å². The highest BCUT2D eigenvalue weighted by atomic mass is 19.1. The molecule has 1 heterocycles. The summed E-state index contributed by atoms with van der Waals surface area (Å²) >= 11 is 0. The van der Waals surface area contributed by atoms with E-state index >= 15 is 0 Å². The lowest BCUT2D eigenvalue weighted by atomic mass is 10.1. The number of aromatic nitrogens is 1. The molecule has 0 saturated heterocycles. The minimum absolute atomic E-state index is 0.0154. The van der Waals surface area contributed by atoms with Gasteiger partial charge < -0.3 is 9.84 Å². The van der Waals surface area contributed by atoms with E-state index in [0.29, 0.717) is 0 Å². The Balaban J connectivity index is 3.07. The zero-order chi connectivity index (χ0) is 11.5. The highest BCUT2D eigenvalue weighted by molar-refractivity contribution is 5.67. The van der Waals surface area contributed by atoms with Gasteiger partial charge in [0.2, 0.25) is 5.95 Å². The molecule has 0 spiro atoms. The number of rotatable bonds is 2. The van der Waals surface area contributed by atoms with Crippen molar-refractivity contribution in [1.29, 1.82) is 0 Å².